The van der Waals surface area contributed by atoms with Crippen LogP contribution in [0.5, 0.6) is 11.5 Å². The molecule has 0 atom stereocenters. The largest absolute Gasteiger partial charge is 0.493 e. The number of thiophene rings is 1. The highest BCUT2D eigenvalue weighted by molar-refractivity contribution is 9.10. The van der Waals surface area contributed by atoms with E-state index in [1.54, 1.807) is 30.5 Å². The van der Waals surface area contributed by atoms with E-state index in [1.165, 1.54) is 4.88 Å². The van der Waals surface area contributed by atoms with E-state index < -0.39 is 0 Å². The quantitative estimate of drug-likeness (QED) is 0.295. The van der Waals surface area contributed by atoms with Gasteiger partial charge in [-0.1, -0.05) is 18.2 Å². The minimum atomic E-state index is -0.255. The Bertz CT molecular complexity index is 1240. The van der Waals surface area contributed by atoms with Crippen LogP contribution in [0.25, 0.3) is 0 Å². The fourth-order valence-electron chi connectivity index (χ4n) is 4.10. The third-order valence-corrected chi connectivity index (χ3v) is 7.96. The highest BCUT2D eigenvalue weighted by Gasteiger charge is 2.35. The summed E-state index contributed by atoms with van der Waals surface area (Å²) in [5, 5.41) is 2.96. The maximum atomic E-state index is 13.6. The van der Waals surface area contributed by atoms with Crippen molar-refractivity contribution in [3.63, 3.8) is 0 Å². The smallest absolute Gasteiger partial charge is 0.322 e. The molecular weight excluding hydrogens is 554 g/mol. The van der Waals surface area contributed by atoms with Crippen molar-refractivity contribution in [3.8, 4) is 11.5 Å². The molecule has 1 fully saturated rings. The molecule has 2 aromatic carbocycles. The molecule has 9 heteroatoms. The zero-order valence-electron chi connectivity index (χ0n) is 21.3. The number of aryl methyl sites for hydroxylation is 1. The van der Waals surface area contributed by atoms with Crippen LogP contribution < -0.4 is 14.8 Å². The van der Waals surface area contributed by atoms with E-state index >= 15 is 0 Å². The van der Waals surface area contributed by atoms with Gasteiger partial charge < -0.3 is 24.6 Å². The van der Waals surface area contributed by atoms with Gasteiger partial charge in [0.05, 0.1) is 26.5 Å². The maximum Gasteiger partial charge on any atom is 0.322 e. The Morgan fingerprint density at radius 1 is 1.05 bits per heavy atom. The highest BCUT2D eigenvalue weighted by Crippen LogP contribution is 2.30. The van der Waals surface area contributed by atoms with Crippen LogP contribution >= 0.6 is 27.3 Å². The van der Waals surface area contributed by atoms with Crippen LogP contribution in [-0.4, -0.2) is 55.1 Å². The van der Waals surface area contributed by atoms with Crippen LogP contribution in [0.3, 0.4) is 0 Å². The second-order valence-electron chi connectivity index (χ2n) is 9.04. The number of carbonyl (C=O) groups excluding carboxylic acids is 2. The van der Waals surface area contributed by atoms with Gasteiger partial charge in [0.15, 0.2) is 11.5 Å². The van der Waals surface area contributed by atoms with Crippen molar-refractivity contribution < 1.29 is 19.1 Å². The van der Waals surface area contributed by atoms with E-state index in [2.05, 4.69) is 40.3 Å². The molecule has 0 aliphatic heterocycles. The van der Waals surface area contributed by atoms with Gasteiger partial charge >= 0.3 is 6.03 Å². The lowest BCUT2D eigenvalue weighted by atomic mass is 10.1. The minimum Gasteiger partial charge on any atom is -0.493 e. The molecule has 0 saturated heterocycles. The molecule has 0 spiro atoms. The van der Waals surface area contributed by atoms with Gasteiger partial charge in [-0.3, -0.25) is 4.79 Å². The summed E-state index contributed by atoms with van der Waals surface area (Å²) < 4.78 is 11.6. The van der Waals surface area contributed by atoms with E-state index in [1.807, 2.05) is 47.4 Å². The number of para-hydroxylation sites is 1. The van der Waals surface area contributed by atoms with Gasteiger partial charge in [-0.2, -0.15) is 0 Å². The van der Waals surface area contributed by atoms with Crippen LogP contribution in [0.15, 0.2) is 59.1 Å². The number of hydrogen-bond acceptors (Lipinski definition) is 5. The van der Waals surface area contributed by atoms with Gasteiger partial charge in [0.1, 0.15) is 6.54 Å². The first-order valence-corrected chi connectivity index (χ1v) is 13.8. The molecule has 0 radical (unpaired) electrons. The van der Waals surface area contributed by atoms with Crippen LogP contribution in [0.1, 0.15) is 28.2 Å². The molecule has 1 heterocycles. The van der Waals surface area contributed by atoms with Crippen LogP contribution in [0, 0.1) is 6.92 Å². The van der Waals surface area contributed by atoms with Crippen molar-refractivity contribution >= 4 is 44.9 Å². The number of benzene rings is 2. The van der Waals surface area contributed by atoms with Crippen molar-refractivity contribution in [3.05, 3.63) is 74.4 Å². The number of urea groups is 1. The lowest BCUT2D eigenvalue weighted by Gasteiger charge is -2.28. The zero-order valence-corrected chi connectivity index (χ0v) is 23.7. The number of nitrogens with zero attached hydrogens (tertiary/aromatic N) is 2. The number of nitrogens with one attached hydrogen (secondary N) is 1. The van der Waals surface area contributed by atoms with Crippen LogP contribution in [-0.2, 0) is 17.8 Å². The minimum absolute atomic E-state index is 0.0389. The molecule has 1 aliphatic rings. The normalized spacial score (nSPS) is 12.6. The Hall–Kier alpha value is -3.04. The van der Waals surface area contributed by atoms with Gasteiger partial charge in [-0.25, -0.2) is 4.79 Å². The first-order chi connectivity index (χ1) is 17.9. The van der Waals surface area contributed by atoms with E-state index in [0.717, 1.165) is 27.8 Å². The number of amides is 3. The van der Waals surface area contributed by atoms with E-state index in [9.17, 15) is 9.59 Å². The van der Waals surface area contributed by atoms with Crippen LogP contribution in [0.2, 0.25) is 0 Å². The Labute approximate surface area is 230 Å². The second-order valence-corrected chi connectivity index (χ2v) is 11.3. The van der Waals surface area contributed by atoms with Gasteiger partial charge in [-0.05, 0) is 84.1 Å². The third-order valence-electron chi connectivity index (χ3n) is 6.28. The fraction of sp³-hybridized carbons (Fsp3) is 0.357. The van der Waals surface area contributed by atoms with Crippen molar-refractivity contribution in [2.24, 2.45) is 0 Å². The van der Waals surface area contributed by atoms with E-state index in [-0.39, 0.29) is 24.5 Å². The number of rotatable bonds is 11. The Kier molecular flexibility index (Phi) is 9.10. The molecule has 196 valence electrons. The lowest BCUT2D eigenvalue weighted by Crippen LogP contribution is -2.45. The summed E-state index contributed by atoms with van der Waals surface area (Å²) in [6.07, 6.45) is 2.47. The van der Waals surface area contributed by atoms with Gasteiger partial charge in [0, 0.05) is 26.8 Å². The summed E-state index contributed by atoms with van der Waals surface area (Å²) >= 11 is 5.16. The first kappa shape index (κ1) is 27.0. The summed E-state index contributed by atoms with van der Waals surface area (Å²) in [6.45, 7) is 3.13. The first-order valence-electron chi connectivity index (χ1n) is 12.2. The Balaban J connectivity index is 1.48. The van der Waals surface area contributed by atoms with Gasteiger partial charge in [-0.15, -0.1) is 11.3 Å². The van der Waals surface area contributed by atoms with Crippen molar-refractivity contribution in [1.29, 1.82) is 0 Å². The molecule has 4 rings (SSSR count). The predicted octanol–water partition coefficient (Wildman–Crippen LogP) is 6.10. The SMILES string of the molecule is COc1ccc(CCN(Cc2ccc(C)s2)C(=O)CN(C(=O)Nc2ccccc2Br)C2CC2)cc1OC. The van der Waals surface area contributed by atoms with Crippen molar-refractivity contribution in [2.45, 2.75) is 38.8 Å². The Morgan fingerprint density at radius 3 is 2.46 bits per heavy atom. The number of hydrogen-bond donors (Lipinski definition) is 1. The maximum absolute atomic E-state index is 13.6. The average molecular weight is 587 g/mol. The third kappa shape index (κ3) is 7.26. The second kappa shape index (κ2) is 12.5. The molecule has 37 heavy (non-hydrogen) atoms. The average Bonchev–Trinajstić information content (AvgIpc) is 3.66. The number of halogens is 1. The number of anilines is 1. The lowest BCUT2D eigenvalue weighted by molar-refractivity contribution is -0.132. The molecule has 0 bridgehead atoms. The number of carbonyl (C=O) groups is 2. The predicted molar refractivity (Wildman–Crippen MR) is 151 cm³/mol. The topological polar surface area (TPSA) is 71.1 Å². The monoisotopic (exact) mass is 585 g/mol. The highest BCUT2D eigenvalue weighted by atomic mass is 79.9. The summed E-state index contributed by atoms with van der Waals surface area (Å²) in [6, 6.07) is 17.2. The standard InChI is InChI=1S/C28H32BrN3O4S/c1-19-8-12-22(37-19)17-31(15-14-20-9-13-25(35-2)26(16-20)36-3)27(33)18-32(21-10-11-21)28(34)30-24-7-5-4-6-23(24)29/h4-9,12-13,16,21H,10-11,14-15,17-18H2,1-3H3,(H,30,34). The fourth-order valence-corrected chi connectivity index (χ4v) is 5.39. The molecule has 1 N–H and O–H groups in total. The molecule has 1 aromatic heterocycles. The summed E-state index contributed by atoms with van der Waals surface area (Å²) in [4.78, 5) is 32.6. The van der Waals surface area contributed by atoms with E-state index in [4.69, 9.17) is 9.47 Å². The zero-order chi connectivity index (χ0) is 26.4. The molecular formula is C28H32BrN3O4S. The molecule has 1 saturated carbocycles. The van der Waals surface area contributed by atoms with Crippen LogP contribution in [0.4, 0.5) is 10.5 Å². The molecule has 1 aliphatic carbocycles. The number of methoxy groups -OCH3 is 2. The summed E-state index contributed by atoms with van der Waals surface area (Å²) in [5.41, 5.74) is 1.73. The molecule has 7 nitrogen and oxygen atoms in total. The van der Waals surface area contributed by atoms with Crippen molar-refractivity contribution in [1.82, 2.24) is 9.80 Å². The molecule has 3 aromatic rings. The Morgan fingerprint density at radius 2 is 1.81 bits per heavy atom. The van der Waals surface area contributed by atoms with E-state index in [0.29, 0.717) is 36.7 Å². The van der Waals surface area contributed by atoms with Gasteiger partial charge in [0.25, 0.3) is 0 Å². The number of ether oxygens (including phenoxy) is 2. The summed E-state index contributed by atoms with van der Waals surface area (Å²) in [7, 11) is 3.22. The molecule has 0 unspecified atom stereocenters. The molecule has 3 amide bonds. The van der Waals surface area contributed by atoms with Crippen molar-refractivity contribution in [2.75, 3.05) is 32.6 Å². The van der Waals surface area contributed by atoms with Gasteiger partial charge in [0.2, 0.25) is 5.91 Å². The summed E-state index contributed by atoms with van der Waals surface area (Å²) in [5.74, 6) is 1.26.